The SMILES string of the molecule is Clc1ccc(C2(c3ccsc3)CC2)cc1. The van der Waals surface area contributed by atoms with E-state index < -0.39 is 0 Å². The van der Waals surface area contributed by atoms with Gasteiger partial charge in [-0.05, 0) is 52.9 Å². The first kappa shape index (κ1) is 9.44. The highest BCUT2D eigenvalue weighted by Crippen LogP contribution is 2.53. The minimum absolute atomic E-state index is 0.310. The van der Waals surface area contributed by atoms with Gasteiger partial charge in [-0.1, -0.05) is 23.7 Å². The second kappa shape index (κ2) is 3.36. The van der Waals surface area contributed by atoms with E-state index in [1.54, 1.807) is 11.3 Å². The van der Waals surface area contributed by atoms with Crippen LogP contribution in [0.5, 0.6) is 0 Å². The lowest BCUT2D eigenvalue weighted by Crippen LogP contribution is -2.06. The fraction of sp³-hybridized carbons (Fsp3) is 0.231. The summed E-state index contributed by atoms with van der Waals surface area (Å²) in [7, 11) is 0. The van der Waals surface area contributed by atoms with Crippen molar-refractivity contribution in [1.82, 2.24) is 0 Å². The molecular formula is C13H11ClS. The van der Waals surface area contributed by atoms with Crippen molar-refractivity contribution < 1.29 is 0 Å². The van der Waals surface area contributed by atoms with Gasteiger partial charge in [0.15, 0.2) is 0 Å². The summed E-state index contributed by atoms with van der Waals surface area (Å²) in [4.78, 5) is 0. The van der Waals surface area contributed by atoms with Crippen LogP contribution in [0.15, 0.2) is 41.1 Å². The molecular weight excluding hydrogens is 224 g/mol. The van der Waals surface area contributed by atoms with Gasteiger partial charge in [0.1, 0.15) is 0 Å². The largest absolute Gasteiger partial charge is 0.152 e. The molecule has 76 valence electrons. The highest BCUT2D eigenvalue weighted by atomic mass is 35.5. The van der Waals surface area contributed by atoms with Crippen molar-refractivity contribution in [3.8, 4) is 0 Å². The topological polar surface area (TPSA) is 0 Å². The Labute approximate surface area is 98.5 Å². The van der Waals surface area contributed by atoms with Crippen molar-refractivity contribution in [2.75, 3.05) is 0 Å². The maximum absolute atomic E-state index is 5.91. The van der Waals surface area contributed by atoms with Crippen LogP contribution in [0.2, 0.25) is 5.02 Å². The first-order valence-corrected chi connectivity index (χ1v) is 6.42. The van der Waals surface area contributed by atoms with Crippen molar-refractivity contribution >= 4 is 22.9 Å². The molecule has 0 radical (unpaired) electrons. The predicted octanol–water partition coefficient (Wildman–Crippen LogP) is 4.48. The average Bonchev–Trinajstić information content (AvgIpc) is 2.88. The standard InChI is InChI=1S/C13H11ClS/c14-12-3-1-10(2-4-12)13(6-7-13)11-5-8-15-9-11/h1-5,8-9H,6-7H2. The number of benzene rings is 1. The molecule has 0 nitrogen and oxygen atoms in total. The number of thiophene rings is 1. The van der Waals surface area contributed by atoms with Crippen LogP contribution in [0.25, 0.3) is 0 Å². The normalized spacial score (nSPS) is 17.7. The number of halogens is 1. The van der Waals surface area contributed by atoms with E-state index >= 15 is 0 Å². The van der Waals surface area contributed by atoms with Gasteiger partial charge in [0.25, 0.3) is 0 Å². The molecule has 0 unspecified atom stereocenters. The van der Waals surface area contributed by atoms with Crippen LogP contribution in [-0.4, -0.2) is 0 Å². The van der Waals surface area contributed by atoms with E-state index in [1.807, 2.05) is 12.1 Å². The summed E-state index contributed by atoms with van der Waals surface area (Å²) in [6.45, 7) is 0. The molecule has 1 aliphatic rings. The van der Waals surface area contributed by atoms with Gasteiger partial charge in [-0.15, -0.1) is 0 Å². The lowest BCUT2D eigenvalue weighted by Gasteiger charge is -2.14. The summed E-state index contributed by atoms with van der Waals surface area (Å²) in [5.74, 6) is 0. The fourth-order valence-corrected chi connectivity index (χ4v) is 3.06. The summed E-state index contributed by atoms with van der Waals surface area (Å²) in [5.41, 5.74) is 3.19. The van der Waals surface area contributed by atoms with E-state index in [2.05, 4.69) is 29.0 Å². The molecule has 0 aliphatic heterocycles. The second-order valence-electron chi connectivity index (χ2n) is 4.10. The Morgan fingerprint density at radius 2 is 1.73 bits per heavy atom. The van der Waals surface area contributed by atoms with Gasteiger partial charge in [-0.2, -0.15) is 11.3 Å². The second-order valence-corrected chi connectivity index (χ2v) is 5.32. The summed E-state index contributed by atoms with van der Waals surface area (Å²) >= 11 is 7.69. The molecule has 0 saturated heterocycles. The Morgan fingerprint density at radius 3 is 2.27 bits per heavy atom. The summed E-state index contributed by atoms with van der Waals surface area (Å²) in [6, 6.07) is 10.5. The molecule has 3 rings (SSSR count). The zero-order valence-electron chi connectivity index (χ0n) is 8.24. The first-order chi connectivity index (χ1) is 7.31. The highest BCUT2D eigenvalue weighted by Gasteiger charge is 2.45. The number of hydrogen-bond donors (Lipinski definition) is 0. The molecule has 15 heavy (non-hydrogen) atoms. The smallest absolute Gasteiger partial charge is 0.0406 e. The summed E-state index contributed by atoms with van der Waals surface area (Å²) in [5, 5.41) is 5.24. The van der Waals surface area contributed by atoms with E-state index in [1.165, 1.54) is 24.0 Å². The van der Waals surface area contributed by atoms with Crippen molar-refractivity contribution in [3.63, 3.8) is 0 Å². The Bertz CT molecular complexity index is 452. The lowest BCUT2D eigenvalue weighted by atomic mass is 9.90. The maximum Gasteiger partial charge on any atom is 0.0406 e. The van der Waals surface area contributed by atoms with E-state index in [4.69, 9.17) is 11.6 Å². The van der Waals surface area contributed by atoms with E-state index in [0.717, 1.165) is 5.02 Å². The number of hydrogen-bond acceptors (Lipinski definition) is 1. The van der Waals surface area contributed by atoms with Crippen LogP contribution in [0.1, 0.15) is 24.0 Å². The van der Waals surface area contributed by atoms with E-state index in [0.29, 0.717) is 5.41 Å². The Hall–Kier alpha value is -0.790. The number of rotatable bonds is 2. The van der Waals surface area contributed by atoms with E-state index in [-0.39, 0.29) is 0 Å². The van der Waals surface area contributed by atoms with Gasteiger partial charge < -0.3 is 0 Å². The molecule has 1 saturated carbocycles. The van der Waals surface area contributed by atoms with Crippen molar-refractivity contribution in [2.45, 2.75) is 18.3 Å². The van der Waals surface area contributed by atoms with Crippen LogP contribution in [0, 0.1) is 0 Å². The minimum Gasteiger partial charge on any atom is -0.152 e. The predicted molar refractivity (Wildman–Crippen MR) is 65.8 cm³/mol. The molecule has 0 spiro atoms. The van der Waals surface area contributed by atoms with Crippen molar-refractivity contribution in [1.29, 1.82) is 0 Å². The molecule has 1 fully saturated rings. The lowest BCUT2D eigenvalue weighted by molar-refractivity contribution is 0.853. The molecule has 0 amide bonds. The van der Waals surface area contributed by atoms with Crippen LogP contribution in [-0.2, 0) is 5.41 Å². The third kappa shape index (κ3) is 1.51. The van der Waals surface area contributed by atoms with Crippen molar-refractivity contribution in [2.24, 2.45) is 0 Å². The molecule has 1 heterocycles. The molecule has 1 aromatic carbocycles. The van der Waals surface area contributed by atoms with Crippen molar-refractivity contribution in [3.05, 3.63) is 57.2 Å². The van der Waals surface area contributed by atoms with E-state index in [9.17, 15) is 0 Å². The van der Waals surface area contributed by atoms with Gasteiger partial charge in [0, 0.05) is 10.4 Å². The molecule has 0 N–H and O–H groups in total. The Kier molecular flexibility index (Phi) is 2.11. The van der Waals surface area contributed by atoms with Crippen LogP contribution >= 0.6 is 22.9 Å². The fourth-order valence-electron chi connectivity index (χ4n) is 2.17. The van der Waals surface area contributed by atoms with Gasteiger partial charge in [-0.25, -0.2) is 0 Å². The molecule has 1 aliphatic carbocycles. The zero-order valence-corrected chi connectivity index (χ0v) is 9.81. The van der Waals surface area contributed by atoms with Gasteiger partial charge in [0.2, 0.25) is 0 Å². The Balaban J connectivity index is 2.04. The van der Waals surface area contributed by atoms with Gasteiger partial charge in [-0.3, -0.25) is 0 Å². The third-order valence-electron chi connectivity index (χ3n) is 3.22. The van der Waals surface area contributed by atoms with Crippen LogP contribution in [0.4, 0.5) is 0 Å². The first-order valence-electron chi connectivity index (χ1n) is 5.10. The van der Waals surface area contributed by atoms with Crippen LogP contribution in [0.3, 0.4) is 0 Å². The molecule has 1 aromatic heterocycles. The zero-order chi connectivity index (χ0) is 10.3. The Morgan fingerprint density at radius 1 is 1.00 bits per heavy atom. The van der Waals surface area contributed by atoms with Gasteiger partial charge in [0.05, 0.1) is 0 Å². The molecule has 2 aromatic rings. The highest BCUT2D eigenvalue weighted by molar-refractivity contribution is 7.08. The molecule has 0 bridgehead atoms. The molecule has 0 atom stereocenters. The monoisotopic (exact) mass is 234 g/mol. The quantitative estimate of drug-likeness (QED) is 0.719. The van der Waals surface area contributed by atoms with Gasteiger partial charge >= 0.3 is 0 Å². The summed E-state index contributed by atoms with van der Waals surface area (Å²) in [6.07, 6.45) is 2.54. The average molecular weight is 235 g/mol. The third-order valence-corrected chi connectivity index (χ3v) is 4.16. The van der Waals surface area contributed by atoms with Crippen LogP contribution < -0.4 is 0 Å². The molecule has 2 heteroatoms. The summed E-state index contributed by atoms with van der Waals surface area (Å²) < 4.78 is 0. The maximum atomic E-state index is 5.91. The minimum atomic E-state index is 0.310.